The number of carbonyl (C=O) groups is 1. The molecule has 2 aliphatic heterocycles. The minimum absolute atomic E-state index is 0.0108. The van der Waals surface area contributed by atoms with Crippen molar-refractivity contribution in [3.8, 4) is 0 Å². The molecule has 2 heterocycles. The van der Waals surface area contributed by atoms with E-state index in [0.717, 1.165) is 64.3 Å². The van der Waals surface area contributed by atoms with E-state index in [1.165, 1.54) is 19.3 Å². The molecule has 0 bridgehead atoms. The normalized spacial score (nSPS) is 52.2. The van der Waals surface area contributed by atoms with Crippen LogP contribution >= 0.6 is 0 Å². The van der Waals surface area contributed by atoms with Gasteiger partial charge in [-0.05, 0) is 143 Å². The van der Waals surface area contributed by atoms with E-state index in [1.54, 1.807) is 0 Å². The number of hydrogen-bond acceptors (Lipinski definition) is 5. The van der Waals surface area contributed by atoms with Crippen molar-refractivity contribution in [3.63, 3.8) is 0 Å². The molecule has 12 atom stereocenters. The lowest BCUT2D eigenvalue weighted by atomic mass is 9.35. The Morgan fingerprint density at radius 3 is 2.24 bits per heavy atom. The summed E-state index contributed by atoms with van der Waals surface area (Å²) in [6, 6.07) is 0.162. The summed E-state index contributed by atoms with van der Waals surface area (Å²) in [5.74, 6) is 1.75. The molecule has 0 spiro atoms. The van der Waals surface area contributed by atoms with Crippen molar-refractivity contribution in [2.75, 3.05) is 6.54 Å². The fourth-order valence-electron chi connectivity index (χ4n) is 12.7. The van der Waals surface area contributed by atoms with Gasteiger partial charge in [0.05, 0.1) is 29.5 Å². The van der Waals surface area contributed by atoms with Crippen LogP contribution in [-0.2, 0) is 9.53 Å². The highest BCUT2D eigenvalue weighted by molar-refractivity contribution is 5.82. The Hall–Kier alpha value is -0.690. The molecule has 6 heteroatoms. The number of rotatable bonds is 4. The maximum absolute atomic E-state index is 13.3. The summed E-state index contributed by atoms with van der Waals surface area (Å²) in [5, 5.41) is 29.9. The van der Waals surface area contributed by atoms with Gasteiger partial charge in [-0.25, -0.2) is 0 Å². The van der Waals surface area contributed by atoms with Crippen LogP contribution in [0.2, 0.25) is 0 Å². The van der Waals surface area contributed by atoms with E-state index < -0.39 is 5.60 Å². The number of aliphatic hydroxyl groups excluding tert-OH is 1. The highest BCUT2D eigenvalue weighted by Gasteiger charge is 2.72. The molecule has 4 aliphatic carbocycles. The van der Waals surface area contributed by atoms with Crippen molar-refractivity contribution in [3.05, 3.63) is 0 Å². The highest BCUT2D eigenvalue weighted by Crippen LogP contribution is 2.76. The average Bonchev–Trinajstić information content (AvgIpc) is 3.51. The molecule has 240 valence electrons. The molecular weight excluding hydrogens is 524 g/mol. The van der Waals surface area contributed by atoms with E-state index >= 15 is 0 Å². The Morgan fingerprint density at radius 1 is 0.881 bits per heavy atom. The number of nitrogens with one attached hydrogen (secondary N) is 2. The molecule has 0 aromatic rings. The molecule has 0 aromatic heterocycles. The minimum atomic E-state index is -0.840. The largest absolute Gasteiger partial charge is 0.393 e. The standard InChI is InChI=1S/C36H62N2O4/c1-31(2)25-13-18-34(6)26(33(25,5)16-14-27(31)38-30(40)23-11-9-10-20-37-23)21-24(39)29-22(12-17-35(29,34)7)36(8)19-15-28(42-36)32(3,4)41/h22-29,37,39,41H,9-21H2,1-8H3,(H,38,40)/t22-,23+,24+,25-,26+,27-,28+,29-,33-,34+,35+,36-/m0/s1. The molecule has 4 N–H and O–H groups in total. The van der Waals surface area contributed by atoms with Crippen molar-refractivity contribution < 1.29 is 19.7 Å². The van der Waals surface area contributed by atoms with Crippen molar-refractivity contribution in [2.45, 2.75) is 168 Å². The maximum atomic E-state index is 13.3. The Morgan fingerprint density at radius 2 is 1.60 bits per heavy atom. The van der Waals surface area contributed by atoms with Crippen molar-refractivity contribution >= 4 is 5.91 Å². The molecule has 1 amide bonds. The summed E-state index contributed by atoms with van der Waals surface area (Å²) in [7, 11) is 0. The number of hydrogen-bond donors (Lipinski definition) is 4. The van der Waals surface area contributed by atoms with Crippen molar-refractivity contribution in [1.82, 2.24) is 10.6 Å². The van der Waals surface area contributed by atoms with Crippen LogP contribution < -0.4 is 10.6 Å². The predicted octanol–water partition coefficient (Wildman–Crippen LogP) is 5.98. The maximum Gasteiger partial charge on any atom is 0.237 e. The monoisotopic (exact) mass is 586 g/mol. The lowest BCUT2D eigenvalue weighted by Gasteiger charge is -2.71. The molecule has 0 aromatic carbocycles. The fourth-order valence-corrected chi connectivity index (χ4v) is 12.7. The van der Waals surface area contributed by atoms with Crippen LogP contribution in [0.15, 0.2) is 0 Å². The summed E-state index contributed by atoms with van der Waals surface area (Å²) in [6.45, 7) is 19.5. The fraction of sp³-hybridized carbons (Fsp3) is 0.972. The molecule has 0 unspecified atom stereocenters. The van der Waals surface area contributed by atoms with Gasteiger partial charge in [0, 0.05) is 6.04 Å². The summed E-state index contributed by atoms with van der Waals surface area (Å²) in [5.41, 5.74) is -0.740. The van der Waals surface area contributed by atoms with Crippen molar-refractivity contribution in [1.29, 1.82) is 0 Å². The number of ether oxygens (including phenoxy) is 1. The molecule has 2 saturated heterocycles. The van der Waals surface area contributed by atoms with Crippen LogP contribution in [0.25, 0.3) is 0 Å². The van der Waals surface area contributed by atoms with Crippen LogP contribution in [-0.4, -0.2) is 58.2 Å². The van der Waals surface area contributed by atoms with Gasteiger partial charge in [-0.1, -0.05) is 41.0 Å². The molecule has 6 aliphatic rings. The Kier molecular flexibility index (Phi) is 7.57. The highest BCUT2D eigenvalue weighted by atomic mass is 16.5. The third-order valence-electron chi connectivity index (χ3n) is 15.3. The number of carbonyl (C=O) groups excluding carboxylic acids is 1. The first-order valence-corrected chi connectivity index (χ1v) is 17.6. The first-order chi connectivity index (χ1) is 19.5. The summed E-state index contributed by atoms with van der Waals surface area (Å²) in [6.07, 6.45) is 12.3. The van der Waals surface area contributed by atoms with E-state index in [4.69, 9.17) is 4.74 Å². The number of fused-ring (bicyclic) bond motifs is 5. The van der Waals surface area contributed by atoms with Crippen molar-refractivity contribution in [2.24, 2.45) is 45.3 Å². The number of piperidine rings is 1. The van der Waals surface area contributed by atoms with E-state index in [-0.39, 0.29) is 63.4 Å². The van der Waals surface area contributed by atoms with Crippen LogP contribution in [0.4, 0.5) is 0 Å². The molecule has 6 rings (SSSR count). The quantitative estimate of drug-likeness (QED) is 0.326. The van der Waals surface area contributed by atoms with Gasteiger partial charge in [0.25, 0.3) is 0 Å². The second-order valence-corrected chi connectivity index (χ2v) is 18.0. The van der Waals surface area contributed by atoms with Crippen LogP contribution in [0, 0.1) is 45.3 Å². The molecule has 6 nitrogen and oxygen atoms in total. The van der Waals surface area contributed by atoms with Gasteiger partial charge < -0.3 is 25.6 Å². The van der Waals surface area contributed by atoms with E-state index in [9.17, 15) is 15.0 Å². The summed E-state index contributed by atoms with van der Waals surface area (Å²) in [4.78, 5) is 13.3. The topological polar surface area (TPSA) is 90.8 Å². The van der Waals surface area contributed by atoms with Crippen LogP contribution in [0.3, 0.4) is 0 Å². The second kappa shape index (κ2) is 10.2. The van der Waals surface area contributed by atoms with Crippen LogP contribution in [0.5, 0.6) is 0 Å². The summed E-state index contributed by atoms with van der Waals surface area (Å²) < 4.78 is 6.73. The lowest BCUT2D eigenvalue weighted by Crippen LogP contribution is -2.68. The van der Waals surface area contributed by atoms with Gasteiger partial charge in [0.15, 0.2) is 0 Å². The third-order valence-corrected chi connectivity index (χ3v) is 15.3. The molecule has 4 saturated carbocycles. The number of aliphatic hydroxyl groups is 2. The van der Waals surface area contributed by atoms with Gasteiger partial charge in [0.2, 0.25) is 5.91 Å². The SMILES string of the molecule is CC(C)(O)[C@H]1CC[C@@](C)([C@H]2CC[C@]3(C)[C@@H]2[C@H](O)C[C@@H]2[C@@]4(C)CC[C@H](NC(=O)[C@H]5CCCCN5)C(C)(C)[C@@H]4CC[C@]23C)O1. The first kappa shape index (κ1) is 31.3. The van der Waals surface area contributed by atoms with Gasteiger partial charge in [0.1, 0.15) is 0 Å². The third kappa shape index (κ3) is 4.49. The van der Waals surface area contributed by atoms with E-state index in [0.29, 0.717) is 17.8 Å². The smallest absolute Gasteiger partial charge is 0.237 e. The molecule has 6 fully saturated rings. The van der Waals surface area contributed by atoms with Gasteiger partial charge in [-0.2, -0.15) is 0 Å². The Bertz CT molecular complexity index is 1050. The van der Waals surface area contributed by atoms with E-state index in [1.807, 2.05) is 13.8 Å². The zero-order chi connectivity index (χ0) is 30.5. The Labute approximate surface area is 255 Å². The molecular formula is C36H62N2O4. The van der Waals surface area contributed by atoms with Gasteiger partial charge in [-0.15, -0.1) is 0 Å². The molecule has 42 heavy (non-hydrogen) atoms. The zero-order valence-electron chi connectivity index (χ0n) is 28.0. The zero-order valence-corrected chi connectivity index (χ0v) is 28.0. The van der Waals surface area contributed by atoms with Crippen LogP contribution in [0.1, 0.15) is 132 Å². The summed E-state index contributed by atoms with van der Waals surface area (Å²) >= 11 is 0. The number of amides is 1. The van der Waals surface area contributed by atoms with E-state index in [2.05, 4.69) is 52.2 Å². The minimum Gasteiger partial charge on any atom is -0.393 e. The lowest BCUT2D eigenvalue weighted by molar-refractivity contribution is -0.240. The second-order valence-electron chi connectivity index (χ2n) is 18.0. The molecule has 0 radical (unpaired) electrons. The van der Waals surface area contributed by atoms with Gasteiger partial charge in [-0.3, -0.25) is 4.79 Å². The van der Waals surface area contributed by atoms with Gasteiger partial charge >= 0.3 is 0 Å². The predicted molar refractivity (Wildman–Crippen MR) is 167 cm³/mol. The average molecular weight is 587 g/mol. The first-order valence-electron chi connectivity index (χ1n) is 17.6. The Balaban J connectivity index is 1.24.